The van der Waals surface area contributed by atoms with Gasteiger partial charge in [0.25, 0.3) is 0 Å². The van der Waals surface area contributed by atoms with Crippen LogP contribution < -0.4 is 11.1 Å². The number of piperidine rings is 3. The number of carbonyl (C=O) groups excluding carboxylic acids is 1. The van der Waals surface area contributed by atoms with Gasteiger partial charge in [0, 0.05) is 18.5 Å². The van der Waals surface area contributed by atoms with Crippen molar-refractivity contribution in [3.05, 3.63) is 0 Å². The third-order valence-corrected chi connectivity index (χ3v) is 5.71. The van der Waals surface area contributed by atoms with Gasteiger partial charge in [0.2, 0.25) is 5.91 Å². The Morgan fingerprint density at radius 1 is 1.20 bits per heavy atom. The quantitative estimate of drug-likeness (QED) is 0.817. The number of amides is 1. The number of nitrogens with two attached hydrogens (primary N) is 1. The van der Waals surface area contributed by atoms with E-state index in [1.165, 1.54) is 38.8 Å². The second-order valence-corrected chi connectivity index (χ2v) is 7.06. The van der Waals surface area contributed by atoms with Gasteiger partial charge in [-0.15, -0.1) is 0 Å². The molecule has 3 heterocycles. The average Bonchev–Trinajstić information content (AvgIpc) is 2.49. The highest BCUT2D eigenvalue weighted by Gasteiger charge is 2.36. The van der Waals surface area contributed by atoms with Crippen molar-refractivity contribution < 1.29 is 4.79 Å². The molecule has 4 fully saturated rings. The number of fused-ring (bicyclic) bond motifs is 3. The lowest BCUT2D eigenvalue weighted by Gasteiger charge is -2.45. The van der Waals surface area contributed by atoms with E-state index in [0.29, 0.717) is 17.9 Å². The van der Waals surface area contributed by atoms with Gasteiger partial charge in [0.15, 0.2) is 0 Å². The van der Waals surface area contributed by atoms with E-state index in [1.54, 1.807) is 0 Å². The molecule has 2 bridgehead atoms. The molecule has 0 aromatic carbocycles. The summed E-state index contributed by atoms with van der Waals surface area (Å²) in [6.45, 7) is 4.31. The van der Waals surface area contributed by atoms with Crippen LogP contribution in [0, 0.1) is 17.8 Å². The van der Waals surface area contributed by atoms with Crippen LogP contribution in [0.15, 0.2) is 0 Å². The first-order valence-electron chi connectivity index (χ1n) is 8.49. The van der Waals surface area contributed by atoms with Crippen molar-refractivity contribution in [3.63, 3.8) is 0 Å². The topological polar surface area (TPSA) is 58.4 Å². The van der Waals surface area contributed by atoms with E-state index in [1.807, 2.05) is 0 Å². The first-order chi connectivity index (χ1) is 9.76. The number of hydrogen-bond acceptors (Lipinski definition) is 3. The van der Waals surface area contributed by atoms with Crippen LogP contribution in [-0.2, 0) is 4.79 Å². The molecule has 3 aliphatic heterocycles. The second kappa shape index (κ2) is 6.44. The van der Waals surface area contributed by atoms with Crippen LogP contribution in [0.1, 0.15) is 44.9 Å². The standard InChI is InChI=1S/C16H29N3O/c17-7-4-12-2-1-3-14(10-12)16(20)18-15-11-19-8-5-13(15)6-9-19/h12-15H,1-11,17H2,(H,18,20). The van der Waals surface area contributed by atoms with Crippen molar-refractivity contribution in [1.29, 1.82) is 0 Å². The van der Waals surface area contributed by atoms with E-state index in [0.717, 1.165) is 38.3 Å². The van der Waals surface area contributed by atoms with Gasteiger partial charge in [0.1, 0.15) is 0 Å². The van der Waals surface area contributed by atoms with Crippen molar-refractivity contribution in [2.75, 3.05) is 26.2 Å². The van der Waals surface area contributed by atoms with E-state index in [2.05, 4.69) is 10.2 Å². The monoisotopic (exact) mass is 279 g/mol. The Hall–Kier alpha value is -0.610. The molecule has 0 spiro atoms. The molecule has 3 N–H and O–H groups in total. The molecule has 3 atom stereocenters. The van der Waals surface area contributed by atoms with E-state index in [4.69, 9.17) is 5.73 Å². The summed E-state index contributed by atoms with van der Waals surface area (Å²) in [5, 5.41) is 3.37. The Kier molecular flexibility index (Phi) is 4.61. The summed E-state index contributed by atoms with van der Waals surface area (Å²) in [6, 6.07) is 0.417. The number of hydrogen-bond donors (Lipinski definition) is 2. The number of rotatable bonds is 4. The predicted molar refractivity (Wildman–Crippen MR) is 80.2 cm³/mol. The maximum absolute atomic E-state index is 12.5. The summed E-state index contributed by atoms with van der Waals surface area (Å²) >= 11 is 0. The summed E-state index contributed by atoms with van der Waals surface area (Å²) in [6.07, 6.45) is 8.22. The van der Waals surface area contributed by atoms with Gasteiger partial charge in [-0.2, -0.15) is 0 Å². The zero-order valence-corrected chi connectivity index (χ0v) is 12.5. The molecule has 0 radical (unpaired) electrons. The minimum Gasteiger partial charge on any atom is -0.352 e. The van der Waals surface area contributed by atoms with Gasteiger partial charge in [-0.3, -0.25) is 4.79 Å². The molecule has 1 aliphatic carbocycles. The van der Waals surface area contributed by atoms with Crippen molar-refractivity contribution in [2.24, 2.45) is 23.5 Å². The Morgan fingerprint density at radius 2 is 2.00 bits per heavy atom. The maximum Gasteiger partial charge on any atom is 0.223 e. The molecule has 3 unspecified atom stereocenters. The predicted octanol–water partition coefficient (Wildman–Crippen LogP) is 1.35. The van der Waals surface area contributed by atoms with Gasteiger partial charge < -0.3 is 16.0 Å². The van der Waals surface area contributed by atoms with Crippen LogP contribution in [0.3, 0.4) is 0 Å². The Bertz CT molecular complexity index is 337. The highest BCUT2D eigenvalue weighted by Crippen LogP contribution is 2.32. The Balaban J connectivity index is 1.51. The lowest BCUT2D eigenvalue weighted by molar-refractivity contribution is -0.128. The fourth-order valence-corrected chi connectivity index (χ4v) is 4.46. The summed E-state index contributed by atoms with van der Waals surface area (Å²) in [7, 11) is 0. The second-order valence-electron chi connectivity index (χ2n) is 7.06. The molecule has 20 heavy (non-hydrogen) atoms. The van der Waals surface area contributed by atoms with Crippen LogP contribution in [0.25, 0.3) is 0 Å². The van der Waals surface area contributed by atoms with E-state index in [9.17, 15) is 4.79 Å². The van der Waals surface area contributed by atoms with Crippen molar-refractivity contribution >= 4 is 5.91 Å². The van der Waals surface area contributed by atoms with Crippen LogP contribution in [0.5, 0.6) is 0 Å². The maximum atomic E-state index is 12.5. The smallest absolute Gasteiger partial charge is 0.223 e. The van der Waals surface area contributed by atoms with Crippen LogP contribution >= 0.6 is 0 Å². The van der Waals surface area contributed by atoms with Crippen LogP contribution in [-0.4, -0.2) is 43.0 Å². The largest absolute Gasteiger partial charge is 0.352 e. The summed E-state index contributed by atoms with van der Waals surface area (Å²) in [4.78, 5) is 15.0. The first kappa shape index (κ1) is 14.3. The summed E-state index contributed by atoms with van der Waals surface area (Å²) < 4.78 is 0. The van der Waals surface area contributed by atoms with Gasteiger partial charge in [-0.1, -0.05) is 12.8 Å². The molecule has 3 saturated heterocycles. The highest BCUT2D eigenvalue weighted by atomic mass is 16.2. The molecule has 4 rings (SSSR count). The van der Waals surface area contributed by atoms with Crippen molar-refractivity contribution in [1.82, 2.24) is 10.2 Å². The number of carbonyl (C=O) groups is 1. The summed E-state index contributed by atoms with van der Waals surface area (Å²) in [5.41, 5.74) is 5.67. The molecule has 1 saturated carbocycles. The first-order valence-corrected chi connectivity index (χ1v) is 8.49. The molecule has 0 aromatic rings. The lowest BCUT2D eigenvalue weighted by Crippen LogP contribution is -2.58. The minimum absolute atomic E-state index is 0.246. The zero-order chi connectivity index (χ0) is 13.9. The van der Waals surface area contributed by atoms with Crippen molar-refractivity contribution in [3.8, 4) is 0 Å². The molecule has 4 nitrogen and oxygen atoms in total. The van der Waals surface area contributed by atoms with E-state index < -0.39 is 0 Å². The Labute approximate surface area is 122 Å². The number of nitrogens with one attached hydrogen (secondary N) is 1. The van der Waals surface area contributed by atoms with Gasteiger partial charge in [0.05, 0.1) is 0 Å². The van der Waals surface area contributed by atoms with E-state index >= 15 is 0 Å². The van der Waals surface area contributed by atoms with Gasteiger partial charge in [-0.05, 0) is 63.6 Å². The molecule has 1 amide bonds. The fourth-order valence-electron chi connectivity index (χ4n) is 4.46. The number of nitrogens with zero attached hydrogens (tertiary/aromatic N) is 1. The molecule has 114 valence electrons. The summed E-state index contributed by atoms with van der Waals surface area (Å²) in [5.74, 6) is 1.98. The molecular formula is C16H29N3O. The van der Waals surface area contributed by atoms with Crippen molar-refractivity contribution in [2.45, 2.75) is 51.0 Å². The van der Waals surface area contributed by atoms with E-state index in [-0.39, 0.29) is 5.92 Å². The van der Waals surface area contributed by atoms with Crippen LogP contribution in [0.2, 0.25) is 0 Å². The van der Waals surface area contributed by atoms with Gasteiger partial charge >= 0.3 is 0 Å². The lowest BCUT2D eigenvalue weighted by atomic mass is 9.78. The average molecular weight is 279 g/mol. The third-order valence-electron chi connectivity index (χ3n) is 5.71. The highest BCUT2D eigenvalue weighted by molar-refractivity contribution is 5.79. The fraction of sp³-hybridized carbons (Fsp3) is 0.938. The zero-order valence-electron chi connectivity index (χ0n) is 12.5. The minimum atomic E-state index is 0.246. The normalized spacial score (nSPS) is 40.5. The molecular weight excluding hydrogens is 250 g/mol. The molecule has 0 aromatic heterocycles. The molecule has 4 heteroatoms. The SMILES string of the molecule is NCCC1CCCC(C(=O)NC2CN3CCC2CC3)C1. The van der Waals surface area contributed by atoms with Crippen LogP contribution in [0.4, 0.5) is 0 Å². The molecule has 4 aliphatic rings. The Morgan fingerprint density at radius 3 is 2.65 bits per heavy atom. The third kappa shape index (κ3) is 3.17. The van der Waals surface area contributed by atoms with Gasteiger partial charge in [-0.25, -0.2) is 0 Å².